The van der Waals surface area contributed by atoms with E-state index in [-0.39, 0.29) is 11.9 Å². The molecule has 0 unspecified atom stereocenters. The summed E-state index contributed by atoms with van der Waals surface area (Å²) in [6.07, 6.45) is 0.823. The van der Waals surface area contributed by atoms with Gasteiger partial charge >= 0.3 is 6.09 Å². The van der Waals surface area contributed by atoms with Gasteiger partial charge in [-0.05, 0) is 33.6 Å². The van der Waals surface area contributed by atoms with Gasteiger partial charge in [0.15, 0.2) is 0 Å². The first-order chi connectivity index (χ1) is 8.24. The van der Waals surface area contributed by atoms with E-state index in [1.807, 2.05) is 0 Å². The van der Waals surface area contributed by atoms with Gasteiger partial charge in [-0.1, -0.05) is 0 Å². The molecule has 0 aliphatic carbocycles. The second-order valence-electron chi connectivity index (χ2n) is 5.60. The molecule has 2 atom stereocenters. The van der Waals surface area contributed by atoms with Crippen LogP contribution >= 0.6 is 0 Å². The number of carbonyl (C=O) groups excluding carboxylic acids is 2. The number of carbonyl (C=O) groups is 2. The van der Waals surface area contributed by atoms with E-state index in [2.05, 4.69) is 5.32 Å². The lowest BCUT2D eigenvalue weighted by Crippen LogP contribution is -2.57. The molecule has 0 aromatic heterocycles. The lowest BCUT2D eigenvalue weighted by atomic mass is 9.98. The maximum atomic E-state index is 12.1. The van der Waals surface area contributed by atoms with Crippen LogP contribution in [0.5, 0.6) is 0 Å². The fraction of sp³-hybridized carbons (Fsp3) is 0.833. The summed E-state index contributed by atoms with van der Waals surface area (Å²) in [6.45, 7) is 5.74. The van der Waals surface area contributed by atoms with Gasteiger partial charge in [0, 0.05) is 19.6 Å². The van der Waals surface area contributed by atoms with Gasteiger partial charge in [0.2, 0.25) is 5.91 Å². The van der Waals surface area contributed by atoms with E-state index in [9.17, 15) is 9.59 Å². The van der Waals surface area contributed by atoms with Gasteiger partial charge in [0.1, 0.15) is 11.6 Å². The Morgan fingerprint density at radius 2 is 1.94 bits per heavy atom. The first-order valence-corrected chi connectivity index (χ1v) is 6.21. The molecule has 6 nitrogen and oxygen atoms in total. The summed E-state index contributed by atoms with van der Waals surface area (Å²) in [6, 6.07) is -0.580. The number of nitrogens with one attached hydrogen (secondary N) is 1. The van der Waals surface area contributed by atoms with Crippen molar-refractivity contribution in [2.45, 2.75) is 51.3 Å². The molecule has 0 bridgehead atoms. The molecule has 0 aromatic carbocycles. The number of hydrogen-bond donors (Lipinski definition) is 2. The molecule has 0 saturated carbocycles. The average Bonchev–Trinajstić information content (AvgIpc) is 2.25. The van der Waals surface area contributed by atoms with E-state index in [1.54, 1.807) is 27.8 Å². The second kappa shape index (κ2) is 5.56. The quantitative estimate of drug-likeness (QED) is 0.714. The summed E-state index contributed by atoms with van der Waals surface area (Å²) in [4.78, 5) is 25.2. The molecule has 6 heteroatoms. The highest BCUT2D eigenvalue weighted by Crippen LogP contribution is 2.20. The molecule has 1 saturated heterocycles. The van der Waals surface area contributed by atoms with E-state index < -0.39 is 17.7 Å². The number of nitrogens with zero attached hydrogens (tertiary/aromatic N) is 1. The van der Waals surface area contributed by atoms with Crippen molar-refractivity contribution in [3.05, 3.63) is 0 Å². The van der Waals surface area contributed by atoms with Gasteiger partial charge < -0.3 is 15.8 Å². The highest BCUT2D eigenvalue weighted by molar-refractivity contribution is 5.85. The molecular formula is C12H23N3O3. The number of piperidine rings is 1. The van der Waals surface area contributed by atoms with Crippen LogP contribution in [0.1, 0.15) is 33.6 Å². The largest absolute Gasteiger partial charge is 0.444 e. The van der Waals surface area contributed by atoms with Gasteiger partial charge in [-0.15, -0.1) is 0 Å². The lowest BCUT2D eigenvalue weighted by Gasteiger charge is -2.37. The Hall–Kier alpha value is -1.30. The highest BCUT2D eigenvalue weighted by atomic mass is 16.6. The lowest BCUT2D eigenvalue weighted by molar-refractivity contribution is -0.127. The van der Waals surface area contributed by atoms with E-state index >= 15 is 0 Å². The third-order valence-corrected chi connectivity index (χ3v) is 2.80. The SMILES string of the molecule is CNC(=O)[C@H]1CC[C@H](N)CN1C(=O)OC(C)(C)C. The molecule has 0 spiro atoms. The molecular weight excluding hydrogens is 234 g/mol. The molecule has 1 heterocycles. The van der Waals surface area contributed by atoms with Crippen LogP contribution in [-0.4, -0.2) is 48.2 Å². The third kappa shape index (κ3) is 3.87. The van der Waals surface area contributed by atoms with Crippen LogP contribution in [0.3, 0.4) is 0 Å². The Bertz CT molecular complexity index is 325. The van der Waals surface area contributed by atoms with E-state index in [4.69, 9.17) is 10.5 Å². The predicted octanol–water partition coefficient (Wildman–Crippen LogP) is 0.459. The molecule has 104 valence electrons. The summed E-state index contributed by atoms with van der Waals surface area (Å²) >= 11 is 0. The molecule has 3 N–H and O–H groups in total. The smallest absolute Gasteiger partial charge is 0.411 e. The Morgan fingerprint density at radius 1 is 1.33 bits per heavy atom. The Labute approximate surface area is 108 Å². The third-order valence-electron chi connectivity index (χ3n) is 2.80. The summed E-state index contributed by atoms with van der Waals surface area (Å²) in [5.41, 5.74) is 5.27. The van der Waals surface area contributed by atoms with Gasteiger partial charge in [-0.3, -0.25) is 9.69 Å². The molecule has 0 aromatic rings. The first-order valence-electron chi connectivity index (χ1n) is 6.21. The zero-order valence-electron chi connectivity index (χ0n) is 11.5. The fourth-order valence-corrected chi connectivity index (χ4v) is 1.96. The Kier molecular flexibility index (Phi) is 4.56. The van der Waals surface area contributed by atoms with Crippen LogP contribution in [0.4, 0.5) is 4.79 Å². The molecule has 0 radical (unpaired) electrons. The van der Waals surface area contributed by atoms with Crippen LogP contribution in [0, 0.1) is 0 Å². The average molecular weight is 257 g/mol. The van der Waals surface area contributed by atoms with Crippen LogP contribution < -0.4 is 11.1 Å². The van der Waals surface area contributed by atoms with Crippen LogP contribution in [0.25, 0.3) is 0 Å². The van der Waals surface area contributed by atoms with E-state index in [0.717, 1.165) is 6.42 Å². The molecule has 2 amide bonds. The minimum absolute atomic E-state index is 0.0987. The normalized spacial score (nSPS) is 24.6. The van der Waals surface area contributed by atoms with Gasteiger partial charge in [-0.2, -0.15) is 0 Å². The van der Waals surface area contributed by atoms with E-state index in [1.165, 1.54) is 4.90 Å². The maximum Gasteiger partial charge on any atom is 0.411 e. The minimum Gasteiger partial charge on any atom is -0.444 e. The number of likely N-dealkylation sites (tertiary alicyclic amines) is 1. The van der Waals surface area contributed by atoms with Crippen molar-refractivity contribution in [3.63, 3.8) is 0 Å². The standard InChI is InChI=1S/C12H23N3O3/c1-12(2,3)18-11(17)15-7-8(13)5-6-9(15)10(16)14-4/h8-9H,5-7,13H2,1-4H3,(H,14,16)/t8-,9+/m0/s1. The van der Waals surface area contributed by atoms with Crippen LogP contribution in [0.15, 0.2) is 0 Å². The van der Waals surface area contributed by atoms with Crippen molar-refractivity contribution < 1.29 is 14.3 Å². The fourth-order valence-electron chi connectivity index (χ4n) is 1.96. The maximum absolute atomic E-state index is 12.1. The zero-order valence-corrected chi connectivity index (χ0v) is 11.5. The van der Waals surface area contributed by atoms with Crippen molar-refractivity contribution in [3.8, 4) is 0 Å². The second-order valence-corrected chi connectivity index (χ2v) is 5.60. The molecule has 18 heavy (non-hydrogen) atoms. The van der Waals surface area contributed by atoms with Gasteiger partial charge in [0.05, 0.1) is 0 Å². The zero-order chi connectivity index (χ0) is 13.9. The number of rotatable bonds is 1. The number of likely N-dealkylation sites (N-methyl/N-ethyl adjacent to an activating group) is 1. The van der Waals surface area contributed by atoms with Crippen LogP contribution in [-0.2, 0) is 9.53 Å². The summed E-state index contributed by atoms with van der Waals surface area (Å²) in [5.74, 6) is -0.173. The summed E-state index contributed by atoms with van der Waals surface area (Å²) < 4.78 is 5.30. The molecule has 1 aliphatic rings. The number of amides is 2. The van der Waals surface area contributed by atoms with Gasteiger partial charge in [0.25, 0.3) is 0 Å². The predicted molar refractivity (Wildman–Crippen MR) is 68.0 cm³/mol. The van der Waals surface area contributed by atoms with E-state index in [0.29, 0.717) is 13.0 Å². The Morgan fingerprint density at radius 3 is 2.44 bits per heavy atom. The van der Waals surface area contributed by atoms with Crippen molar-refractivity contribution >= 4 is 12.0 Å². The molecule has 1 fully saturated rings. The number of hydrogen-bond acceptors (Lipinski definition) is 4. The summed E-state index contributed by atoms with van der Waals surface area (Å²) in [5, 5.41) is 2.57. The van der Waals surface area contributed by atoms with Crippen molar-refractivity contribution in [2.75, 3.05) is 13.6 Å². The van der Waals surface area contributed by atoms with Crippen LogP contribution in [0.2, 0.25) is 0 Å². The number of nitrogens with two attached hydrogens (primary N) is 1. The van der Waals surface area contributed by atoms with Crippen molar-refractivity contribution in [2.24, 2.45) is 5.73 Å². The highest BCUT2D eigenvalue weighted by Gasteiger charge is 2.36. The number of ether oxygens (including phenoxy) is 1. The van der Waals surface area contributed by atoms with Crippen molar-refractivity contribution in [1.29, 1.82) is 0 Å². The van der Waals surface area contributed by atoms with Crippen molar-refractivity contribution in [1.82, 2.24) is 10.2 Å². The molecule has 1 aliphatic heterocycles. The topological polar surface area (TPSA) is 84.7 Å². The van der Waals surface area contributed by atoms with Gasteiger partial charge in [-0.25, -0.2) is 4.79 Å². The monoisotopic (exact) mass is 257 g/mol. The summed E-state index contributed by atoms with van der Waals surface area (Å²) in [7, 11) is 1.56. The Balaban J connectivity index is 2.78. The minimum atomic E-state index is -0.578. The molecule has 1 rings (SSSR count). The first kappa shape index (κ1) is 14.8.